The van der Waals surface area contributed by atoms with E-state index < -0.39 is 0 Å². The molecule has 0 spiro atoms. The van der Waals surface area contributed by atoms with Gasteiger partial charge in [0.1, 0.15) is 0 Å². The lowest BCUT2D eigenvalue weighted by atomic mass is 9.77. The summed E-state index contributed by atoms with van der Waals surface area (Å²) in [6.45, 7) is 6.94. The summed E-state index contributed by atoms with van der Waals surface area (Å²) >= 11 is 0. The maximum Gasteiger partial charge on any atom is 0.0596 e. The fourth-order valence-corrected chi connectivity index (χ4v) is 2.49. The van der Waals surface area contributed by atoms with E-state index in [0.29, 0.717) is 12.5 Å². The fourth-order valence-electron chi connectivity index (χ4n) is 2.49. The first-order valence-electron chi connectivity index (χ1n) is 6.23. The Labute approximate surface area is 104 Å². The average molecular weight is 239 g/mol. The van der Waals surface area contributed by atoms with E-state index in [1.807, 2.05) is 18.7 Å². The Balaban J connectivity index is 2.89. The number of aromatic nitrogens is 2. The van der Waals surface area contributed by atoms with Crippen molar-refractivity contribution >= 4 is 0 Å². The summed E-state index contributed by atoms with van der Waals surface area (Å²) in [7, 11) is 1.94. The quantitative estimate of drug-likeness (QED) is 0.785. The zero-order valence-corrected chi connectivity index (χ0v) is 11.4. The maximum atomic E-state index is 9.67. The largest absolute Gasteiger partial charge is 0.396 e. The van der Waals surface area contributed by atoms with E-state index in [0.717, 1.165) is 24.2 Å². The molecule has 3 N–H and O–H groups in total. The minimum Gasteiger partial charge on any atom is -0.396 e. The highest BCUT2D eigenvalue weighted by atomic mass is 16.3. The predicted molar refractivity (Wildman–Crippen MR) is 69.7 cm³/mol. The van der Waals surface area contributed by atoms with E-state index in [1.54, 1.807) is 0 Å². The van der Waals surface area contributed by atoms with Gasteiger partial charge in [-0.2, -0.15) is 5.10 Å². The average Bonchev–Trinajstić information content (AvgIpc) is 2.55. The summed E-state index contributed by atoms with van der Waals surface area (Å²) in [4.78, 5) is 0. The molecule has 0 aliphatic rings. The van der Waals surface area contributed by atoms with Gasteiger partial charge in [-0.1, -0.05) is 13.8 Å². The van der Waals surface area contributed by atoms with Crippen molar-refractivity contribution in [3.63, 3.8) is 0 Å². The lowest BCUT2D eigenvalue weighted by Crippen LogP contribution is -2.38. The van der Waals surface area contributed by atoms with E-state index in [2.05, 4.69) is 25.0 Å². The van der Waals surface area contributed by atoms with Gasteiger partial charge in [0, 0.05) is 24.7 Å². The lowest BCUT2D eigenvalue weighted by Gasteiger charge is -2.32. The van der Waals surface area contributed by atoms with Crippen LogP contribution in [0.5, 0.6) is 0 Å². The number of nitrogens with zero attached hydrogens (tertiary/aromatic N) is 2. The monoisotopic (exact) mass is 239 g/mol. The molecule has 4 heteroatoms. The molecule has 1 rings (SSSR count). The third-order valence-electron chi connectivity index (χ3n) is 3.26. The van der Waals surface area contributed by atoms with Gasteiger partial charge in [-0.05, 0) is 31.7 Å². The van der Waals surface area contributed by atoms with E-state index >= 15 is 0 Å². The SMILES string of the molecule is Cc1cc(CC(CN)(CO)CC(C)C)n(C)n1. The van der Waals surface area contributed by atoms with Crippen LogP contribution in [-0.2, 0) is 13.5 Å². The van der Waals surface area contributed by atoms with Gasteiger partial charge in [-0.15, -0.1) is 0 Å². The van der Waals surface area contributed by atoms with E-state index in [1.165, 1.54) is 0 Å². The molecule has 1 aromatic rings. The van der Waals surface area contributed by atoms with Gasteiger partial charge in [0.05, 0.1) is 12.3 Å². The van der Waals surface area contributed by atoms with Crippen molar-refractivity contribution in [1.29, 1.82) is 0 Å². The third-order valence-corrected chi connectivity index (χ3v) is 3.26. The van der Waals surface area contributed by atoms with Crippen molar-refractivity contribution < 1.29 is 5.11 Å². The van der Waals surface area contributed by atoms with Gasteiger partial charge in [0.2, 0.25) is 0 Å². The molecule has 0 saturated carbocycles. The maximum absolute atomic E-state index is 9.67. The predicted octanol–water partition coefficient (Wildman–Crippen LogP) is 1.25. The van der Waals surface area contributed by atoms with Crippen LogP contribution in [0.1, 0.15) is 31.7 Å². The summed E-state index contributed by atoms with van der Waals surface area (Å²) in [6, 6.07) is 2.07. The van der Waals surface area contributed by atoms with Crippen molar-refractivity contribution in [3.05, 3.63) is 17.5 Å². The molecule has 0 aliphatic heterocycles. The zero-order valence-electron chi connectivity index (χ0n) is 11.4. The lowest BCUT2D eigenvalue weighted by molar-refractivity contribution is 0.106. The third kappa shape index (κ3) is 3.54. The summed E-state index contributed by atoms with van der Waals surface area (Å²) in [5.41, 5.74) is 7.82. The van der Waals surface area contributed by atoms with Gasteiger partial charge >= 0.3 is 0 Å². The molecule has 0 radical (unpaired) electrons. The highest BCUT2D eigenvalue weighted by molar-refractivity contribution is 5.11. The van der Waals surface area contributed by atoms with Crippen LogP contribution >= 0.6 is 0 Å². The number of nitrogens with two attached hydrogens (primary N) is 1. The van der Waals surface area contributed by atoms with Crippen LogP contribution in [0.15, 0.2) is 6.07 Å². The van der Waals surface area contributed by atoms with Crippen molar-refractivity contribution in [1.82, 2.24) is 9.78 Å². The molecular formula is C13H25N3O. The Hall–Kier alpha value is -0.870. The van der Waals surface area contributed by atoms with E-state index in [9.17, 15) is 5.11 Å². The number of aliphatic hydroxyl groups excluding tert-OH is 1. The van der Waals surface area contributed by atoms with Crippen molar-refractivity contribution in [2.24, 2.45) is 24.1 Å². The Kier molecular flexibility index (Phi) is 4.71. The second-order valence-electron chi connectivity index (χ2n) is 5.54. The van der Waals surface area contributed by atoms with Crippen LogP contribution in [-0.4, -0.2) is 28.0 Å². The van der Waals surface area contributed by atoms with Crippen LogP contribution in [0.3, 0.4) is 0 Å². The number of rotatable bonds is 6. The van der Waals surface area contributed by atoms with Crippen molar-refractivity contribution in [2.75, 3.05) is 13.2 Å². The molecule has 1 unspecified atom stereocenters. The number of hydrogen-bond acceptors (Lipinski definition) is 3. The summed E-state index contributed by atoms with van der Waals surface area (Å²) in [5, 5.41) is 14.0. The molecule has 0 aliphatic carbocycles. The Morgan fingerprint density at radius 2 is 2.18 bits per heavy atom. The zero-order chi connectivity index (χ0) is 13.1. The van der Waals surface area contributed by atoms with Gasteiger partial charge in [0.15, 0.2) is 0 Å². The molecule has 0 amide bonds. The molecule has 0 aromatic carbocycles. The minimum absolute atomic E-state index is 0.131. The summed E-state index contributed by atoms with van der Waals surface area (Å²) < 4.78 is 1.88. The first-order chi connectivity index (χ1) is 7.92. The minimum atomic E-state index is -0.214. The summed E-state index contributed by atoms with van der Waals surface area (Å²) in [6.07, 6.45) is 1.72. The molecule has 1 aromatic heterocycles. The van der Waals surface area contributed by atoms with Crippen LogP contribution in [0.2, 0.25) is 0 Å². The molecule has 0 saturated heterocycles. The summed E-state index contributed by atoms with van der Waals surface area (Å²) in [5.74, 6) is 0.528. The second kappa shape index (κ2) is 5.65. The second-order valence-corrected chi connectivity index (χ2v) is 5.54. The normalized spacial score (nSPS) is 15.2. The first-order valence-corrected chi connectivity index (χ1v) is 6.23. The van der Waals surface area contributed by atoms with Gasteiger partial charge in [0.25, 0.3) is 0 Å². The van der Waals surface area contributed by atoms with Crippen LogP contribution in [0.25, 0.3) is 0 Å². The molecule has 98 valence electrons. The Morgan fingerprint density at radius 1 is 1.53 bits per heavy atom. The molecule has 4 nitrogen and oxygen atoms in total. The van der Waals surface area contributed by atoms with E-state index in [-0.39, 0.29) is 12.0 Å². The van der Waals surface area contributed by atoms with Gasteiger partial charge < -0.3 is 10.8 Å². The molecule has 0 fully saturated rings. The molecular weight excluding hydrogens is 214 g/mol. The smallest absolute Gasteiger partial charge is 0.0596 e. The van der Waals surface area contributed by atoms with Gasteiger partial charge in [-0.25, -0.2) is 0 Å². The topological polar surface area (TPSA) is 64.1 Å². The Morgan fingerprint density at radius 3 is 2.53 bits per heavy atom. The van der Waals surface area contributed by atoms with Crippen LogP contribution < -0.4 is 5.73 Å². The molecule has 0 bridgehead atoms. The molecule has 1 atom stereocenters. The highest BCUT2D eigenvalue weighted by Gasteiger charge is 2.30. The Bertz CT molecular complexity index is 354. The number of aliphatic hydroxyl groups is 1. The molecule has 1 heterocycles. The fraction of sp³-hybridized carbons (Fsp3) is 0.769. The van der Waals surface area contributed by atoms with Crippen molar-refractivity contribution in [3.8, 4) is 0 Å². The highest BCUT2D eigenvalue weighted by Crippen LogP contribution is 2.29. The van der Waals surface area contributed by atoms with Crippen molar-refractivity contribution in [2.45, 2.75) is 33.6 Å². The first kappa shape index (κ1) is 14.2. The number of hydrogen-bond donors (Lipinski definition) is 2. The standard InChI is InChI=1S/C13H25N3O/c1-10(2)6-13(8-14,9-17)7-12-5-11(3)15-16(12)4/h5,10,17H,6-9,14H2,1-4H3. The van der Waals surface area contributed by atoms with E-state index in [4.69, 9.17) is 5.73 Å². The van der Waals surface area contributed by atoms with Crippen LogP contribution in [0.4, 0.5) is 0 Å². The number of aryl methyl sites for hydroxylation is 2. The van der Waals surface area contributed by atoms with Gasteiger partial charge in [-0.3, -0.25) is 4.68 Å². The van der Waals surface area contributed by atoms with Crippen LogP contribution in [0, 0.1) is 18.3 Å². The molecule has 17 heavy (non-hydrogen) atoms.